The van der Waals surface area contributed by atoms with E-state index in [4.69, 9.17) is 4.74 Å². The second-order valence-corrected chi connectivity index (χ2v) is 6.31. The molecule has 0 radical (unpaired) electrons. The molecule has 1 aromatic heterocycles. The van der Waals surface area contributed by atoms with Crippen molar-refractivity contribution < 1.29 is 9.53 Å². The Kier molecular flexibility index (Phi) is 5.69. The van der Waals surface area contributed by atoms with Crippen molar-refractivity contribution in [2.45, 2.75) is 19.5 Å². The monoisotopic (exact) mass is 349 g/mol. The van der Waals surface area contributed by atoms with Crippen LogP contribution in [-0.4, -0.2) is 34.7 Å². The van der Waals surface area contributed by atoms with Gasteiger partial charge >= 0.3 is 0 Å². The second-order valence-electron chi connectivity index (χ2n) is 6.31. The molecule has 3 aromatic rings. The highest BCUT2D eigenvalue weighted by Gasteiger charge is 2.11. The normalized spacial score (nSPS) is 10.5. The molecule has 2 aromatic carbocycles. The Bertz CT molecular complexity index is 841. The largest absolute Gasteiger partial charge is 0.497 e. The van der Waals surface area contributed by atoms with Gasteiger partial charge in [-0.3, -0.25) is 9.48 Å². The number of hydrogen-bond donors (Lipinski definition) is 0. The average molecular weight is 349 g/mol. The van der Waals surface area contributed by atoms with Crippen molar-refractivity contribution in [2.24, 2.45) is 0 Å². The summed E-state index contributed by atoms with van der Waals surface area (Å²) < 4.78 is 7.04. The molecule has 0 aliphatic carbocycles. The third kappa shape index (κ3) is 4.72. The van der Waals surface area contributed by atoms with E-state index in [9.17, 15) is 4.79 Å². The van der Waals surface area contributed by atoms with Gasteiger partial charge in [0.1, 0.15) is 5.75 Å². The number of amides is 1. The lowest BCUT2D eigenvalue weighted by molar-refractivity contribution is -0.129. The number of benzene rings is 2. The van der Waals surface area contributed by atoms with Crippen LogP contribution in [0.25, 0.3) is 0 Å². The first-order valence-electron chi connectivity index (χ1n) is 8.56. The molecule has 0 aliphatic rings. The Balaban J connectivity index is 1.55. The Labute approximate surface area is 153 Å². The number of methoxy groups -OCH3 is 1. The van der Waals surface area contributed by atoms with Crippen molar-refractivity contribution in [1.82, 2.24) is 14.7 Å². The van der Waals surface area contributed by atoms with Crippen LogP contribution in [-0.2, 0) is 24.3 Å². The average Bonchev–Trinajstić information content (AvgIpc) is 3.10. The molecule has 5 heteroatoms. The molecule has 0 unspecified atom stereocenters. The van der Waals surface area contributed by atoms with Crippen molar-refractivity contribution in [1.29, 1.82) is 0 Å². The van der Waals surface area contributed by atoms with Crippen LogP contribution in [0.4, 0.5) is 0 Å². The lowest BCUT2D eigenvalue weighted by Gasteiger charge is -2.16. The fraction of sp³-hybridized carbons (Fsp3) is 0.238. The SMILES string of the molecule is COc1ccc(CC(=O)N(C)Cc2cnn(Cc3ccccc3)c2)cc1. The van der Waals surface area contributed by atoms with Crippen molar-refractivity contribution in [2.75, 3.05) is 14.2 Å². The predicted molar refractivity (Wildman–Crippen MR) is 101 cm³/mol. The van der Waals surface area contributed by atoms with E-state index in [0.29, 0.717) is 13.0 Å². The molecule has 0 atom stereocenters. The first-order valence-corrected chi connectivity index (χ1v) is 8.56. The Hall–Kier alpha value is -3.08. The third-order valence-corrected chi connectivity index (χ3v) is 4.23. The molecule has 3 rings (SSSR count). The summed E-state index contributed by atoms with van der Waals surface area (Å²) in [6.07, 6.45) is 4.18. The molecular weight excluding hydrogens is 326 g/mol. The van der Waals surface area contributed by atoms with Gasteiger partial charge in [-0.15, -0.1) is 0 Å². The number of carbonyl (C=O) groups excluding carboxylic acids is 1. The Morgan fingerprint density at radius 1 is 1.04 bits per heavy atom. The minimum atomic E-state index is 0.0750. The van der Waals surface area contributed by atoms with Gasteiger partial charge in [0.05, 0.1) is 26.3 Å². The van der Waals surface area contributed by atoms with Crippen LogP contribution in [0.2, 0.25) is 0 Å². The van der Waals surface area contributed by atoms with Crippen molar-refractivity contribution >= 4 is 5.91 Å². The minimum absolute atomic E-state index is 0.0750. The summed E-state index contributed by atoms with van der Waals surface area (Å²) in [5, 5.41) is 4.39. The first kappa shape index (κ1) is 17.7. The highest BCUT2D eigenvalue weighted by atomic mass is 16.5. The Morgan fingerprint density at radius 2 is 1.77 bits per heavy atom. The molecule has 5 nitrogen and oxygen atoms in total. The maximum Gasteiger partial charge on any atom is 0.227 e. The van der Waals surface area contributed by atoms with E-state index in [1.54, 1.807) is 12.0 Å². The van der Waals surface area contributed by atoms with Gasteiger partial charge in [0, 0.05) is 25.4 Å². The maximum absolute atomic E-state index is 12.4. The summed E-state index contributed by atoms with van der Waals surface area (Å²) in [5.41, 5.74) is 3.19. The number of rotatable bonds is 7. The fourth-order valence-electron chi connectivity index (χ4n) is 2.76. The molecule has 26 heavy (non-hydrogen) atoms. The summed E-state index contributed by atoms with van der Waals surface area (Å²) in [6.45, 7) is 1.27. The van der Waals surface area contributed by atoms with Gasteiger partial charge in [-0.1, -0.05) is 42.5 Å². The van der Waals surface area contributed by atoms with E-state index < -0.39 is 0 Å². The molecule has 0 fully saturated rings. The number of aromatic nitrogens is 2. The van der Waals surface area contributed by atoms with Crippen LogP contribution in [0.15, 0.2) is 67.0 Å². The zero-order chi connectivity index (χ0) is 18.4. The van der Waals surface area contributed by atoms with Gasteiger partial charge in [-0.25, -0.2) is 0 Å². The zero-order valence-electron chi connectivity index (χ0n) is 15.1. The van der Waals surface area contributed by atoms with Crippen LogP contribution in [0.1, 0.15) is 16.7 Å². The number of carbonyl (C=O) groups is 1. The summed E-state index contributed by atoms with van der Waals surface area (Å²) in [4.78, 5) is 14.2. The first-order chi connectivity index (χ1) is 12.6. The number of nitrogens with zero attached hydrogens (tertiary/aromatic N) is 3. The van der Waals surface area contributed by atoms with Gasteiger partial charge in [0.25, 0.3) is 0 Å². The summed E-state index contributed by atoms with van der Waals surface area (Å²) in [5.74, 6) is 0.867. The summed E-state index contributed by atoms with van der Waals surface area (Å²) >= 11 is 0. The number of hydrogen-bond acceptors (Lipinski definition) is 3. The smallest absolute Gasteiger partial charge is 0.227 e. The molecule has 1 heterocycles. The fourth-order valence-corrected chi connectivity index (χ4v) is 2.76. The van der Waals surface area contributed by atoms with Gasteiger partial charge in [-0.05, 0) is 23.3 Å². The number of likely N-dealkylation sites (N-methyl/N-ethyl adjacent to an activating group) is 1. The third-order valence-electron chi connectivity index (χ3n) is 4.23. The molecule has 0 aliphatic heterocycles. The van der Waals surface area contributed by atoms with Gasteiger partial charge in [-0.2, -0.15) is 5.10 Å². The molecule has 0 N–H and O–H groups in total. The van der Waals surface area contributed by atoms with E-state index in [2.05, 4.69) is 17.2 Å². The highest BCUT2D eigenvalue weighted by Crippen LogP contribution is 2.13. The van der Waals surface area contributed by atoms with Gasteiger partial charge in [0.15, 0.2) is 0 Å². The highest BCUT2D eigenvalue weighted by molar-refractivity contribution is 5.78. The van der Waals surface area contributed by atoms with E-state index in [1.807, 2.05) is 66.6 Å². The molecule has 0 saturated heterocycles. The van der Waals surface area contributed by atoms with E-state index >= 15 is 0 Å². The van der Waals surface area contributed by atoms with Crippen molar-refractivity contribution in [3.63, 3.8) is 0 Å². The zero-order valence-corrected chi connectivity index (χ0v) is 15.1. The molecule has 0 saturated carbocycles. The van der Waals surface area contributed by atoms with Gasteiger partial charge in [0.2, 0.25) is 5.91 Å². The molecule has 0 spiro atoms. The minimum Gasteiger partial charge on any atom is -0.497 e. The molecule has 0 bridgehead atoms. The molecule has 134 valence electrons. The second kappa shape index (κ2) is 8.34. The standard InChI is InChI=1S/C21H23N3O2/c1-23(21(25)12-17-8-10-20(26-2)11-9-17)14-19-13-22-24(16-19)15-18-6-4-3-5-7-18/h3-11,13,16H,12,14-15H2,1-2H3. The Morgan fingerprint density at radius 3 is 2.46 bits per heavy atom. The molecule has 1 amide bonds. The van der Waals surface area contributed by atoms with Gasteiger partial charge < -0.3 is 9.64 Å². The van der Waals surface area contributed by atoms with Crippen LogP contribution in [0.5, 0.6) is 5.75 Å². The van der Waals surface area contributed by atoms with E-state index in [-0.39, 0.29) is 5.91 Å². The lowest BCUT2D eigenvalue weighted by Crippen LogP contribution is -2.27. The van der Waals surface area contributed by atoms with E-state index in [1.165, 1.54) is 5.56 Å². The summed E-state index contributed by atoms with van der Waals surface area (Å²) in [7, 11) is 3.45. The molecular formula is C21H23N3O2. The quantitative estimate of drug-likeness (QED) is 0.658. The van der Waals surface area contributed by atoms with E-state index in [0.717, 1.165) is 23.4 Å². The van der Waals surface area contributed by atoms with Crippen LogP contribution < -0.4 is 4.74 Å². The van der Waals surface area contributed by atoms with Crippen LogP contribution >= 0.6 is 0 Å². The van der Waals surface area contributed by atoms with Crippen LogP contribution in [0.3, 0.4) is 0 Å². The summed E-state index contributed by atoms with van der Waals surface area (Å²) in [6, 6.07) is 17.8. The van der Waals surface area contributed by atoms with Crippen LogP contribution in [0, 0.1) is 0 Å². The maximum atomic E-state index is 12.4. The number of ether oxygens (including phenoxy) is 1. The van der Waals surface area contributed by atoms with Crippen molar-refractivity contribution in [3.05, 3.63) is 83.7 Å². The lowest BCUT2D eigenvalue weighted by atomic mass is 10.1. The topological polar surface area (TPSA) is 47.4 Å². The van der Waals surface area contributed by atoms with Crippen molar-refractivity contribution in [3.8, 4) is 5.75 Å². The predicted octanol–water partition coefficient (Wildman–Crippen LogP) is 3.14.